The second kappa shape index (κ2) is 7.70. The number of hydrogen-bond acceptors (Lipinski definition) is 5. The highest BCUT2D eigenvalue weighted by atomic mass is 16.2. The van der Waals surface area contributed by atoms with E-state index in [1.165, 1.54) is 0 Å². The smallest absolute Gasteiger partial charge is 0.225 e. The van der Waals surface area contributed by atoms with E-state index in [2.05, 4.69) is 15.0 Å². The second-order valence-electron chi connectivity index (χ2n) is 7.87. The van der Waals surface area contributed by atoms with Gasteiger partial charge in [-0.15, -0.1) is 0 Å². The average molecular weight is 385 g/mol. The minimum atomic E-state index is 0.202. The van der Waals surface area contributed by atoms with Gasteiger partial charge < -0.3 is 4.90 Å². The molecule has 5 rings (SSSR count). The number of aromatic nitrogens is 4. The first-order chi connectivity index (χ1) is 14.3. The Labute approximate surface area is 170 Å². The van der Waals surface area contributed by atoms with Gasteiger partial charge in [-0.2, -0.15) is 0 Å². The Morgan fingerprint density at radius 3 is 2.59 bits per heavy atom. The van der Waals surface area contributed by atoms with Gasteiger partial charge in [0.05, 0.1) is 5.69 Å². The number of carbonyl (C=O) groups is 1. The lowest BCUT2D eigenvalue weighted by atomic mass is 9.89. The molecule has 1 unspecified atom stereocenters. The predicted octanol–water partition coefficient (Wildman–Crippen LogP) is 3.72. The van der Waals surface area contributed by atoms with Gasteiger partial charge in [0.1, 0.15) is 0 Å². The van der Waals surface area contributed by atoms with Crippen molar-refractivity contribution in [3.8, 4) is 22.5 Å². The molecule has 0 bridgehead atoms. The number of hydrogen-bond donors (Lipinski definition) is 0. The van der Waals surface area contributed by atoms with Gasteiger partial charge in [0.25, 0.3) is 0 Å². The van der Waals surface area contributed by atoms with Crippen LogP contribution in [-0.2, 0) is 4.79 Å². The van der Waals surface area contributed by atoms with E-state index in [4.69, 9.17) is 4.98 Å². The Balaban J connectivity index is 1.54. The fraction of sp³-hybridized carbons (Fsp3) is 0.348. The van der Waals surface area contributed by atoms with Crippen LogP contribution in [0.5, 0.6) is 0 Å². The molecule has 3 aromatic heterocycles. The molecule has 1 amide bonds. The number of likely N-dealkylation sites (tertiary alicyclic amines) is 1. The van der Waals surface area contributed by atoms with Gasteiger partial charge in [-0.25, -0.2) is 9.97 Å². The Morgan fingerprint density at radius 2 is 1.83 bits per heavy atom. The molecule has 1 saturated heterocycles. The Hall–Kier alpha value is -3.15. The van der Waals surface area contributed by atoms with Crippen molar-refractivity contribution in [1.82, 2.24) is 24.8 Å². The maximum absolute atomic E-state index is 12.7. The molecule has 1 aliphatic carbocycles. The molecule has 6 nitrogen and oxygen atoms in total. The Kier molecular flexibility index (Phi) is 4.76. The third kappa shape index (κ3) is 3.75. The highest BCUT2D eigenvalue weighted by Crippen LogP contribution is 2.37. The third-order valence-electron chi connectivity index (χ3n) is 5.78. The maximum atomic E-state index is 12.7. The topological polar surface area (TPSA) is 71.9 Å². The van der Waals surface area contributed by atoms with E-state index in [1.807, 2.05) is 35.4 Å². The zero-order chi connectivity index (χ0) is 19.6. The van der Waals surface area contributed by atoms with E-state index in [1.54, 1.807) is 24.8 Å². The lowest BCUT2D eigenvalue weighted by molar-refractivity contribution is -0.133. The lowest BCUT2D eigenvalue weighted by Gasteiger charge is -2.33. The van der Waals surface area contributed by atoms with Crippen molar-refractivity contribution in [2.45, 2.75) is 31.6 Å². The van der Waals surface area contributed by atoms with Crippen LogP contribution >= 0.6 is 0 Å². The molecule has 0 radical (unpaired) electrons. The van der Waals surface area contributed by atoms with Gasteiger partial charge in [0.2, 0.25) is 5.91 Å². The maximum Gasteiger partial charge on any atom is 0.225 e. The molecule has 2 fully saturated rings. The molecular formula is C23H23N5O. The van der Waals surface area contributed by atoms with Crippen molar-refractivity contribution in [3.63, 3.8) is 0 Å². The summed E-state index contributed by atoms with van der Waals surface area (Å²) < 4.78 is 0. The quantitative estimate of drug-likeness (QED) is 0.684. The van der Waals surface area contributed by atoms with E-state index >= 15 is 0 Å². The van der Waals surface area contributed by atoms with Crippen LogP contribution in [0.1, 0.15) is 37.3 Å². The molecule has 0 N–H and O–H groups in total. The monoisotopic (exact) mass is 385 g/mol. The van der Waals surface area contributed by atoms with Crippen molar-refractivity contribution in [1.29, 1.82) is 0 Å². The molecule has 29 heavy (non-hydrogen) atoms. The molecule has 146 valence electrons. The van der Waals surface area contributed by atoms with E-state index in [0.717, 1.165) is 61.2 Å². The standard InChI is InChI=1S/C23H23N5O/c29-23(17-5-6-17)28-12-2-4-19(15-28)21-20(16-7-10-24-11-8-16)14-26-22(27-21)18-3-1-9-25-13-18/h1,3,7-11,13-14,17,19H,2,4-6,12,15H2. The summed E-state index contributed by atoms with van der Waals surface area (Å²) in [5, 5.41) is 0. The summed E-state index contributed by atoms with van der Waals surface area (Å²) in [5.74, 6) is 1.45. The average Bonchev–Trinajstić information content (AvgIpc) is 3.65. The van der Waals surface area contributed by atoms with Crippen molar-refractivity contribution in [2.24, 2.45) is 5.92 Å². The summed E-state index contributed by atoms with van der Waals surface area (Å²) in [7, 11) is 0. The molecule has 2 aliphatic rings. The van der Waals surface area contributed by atoms with E-state index in [0.29, 0.717) is 11.7 Å². The normalized spacial score (nSPS) is 19.2. The summed E-state index contributed by atoms with van der Waals surface area (Å²) >= 11 is 0. The molecule has 0 spiro atoms. The van der Waals surface area contributed by atoms with Crippen molar-refractivity contribution >= 4 is 5.91 Å². The van der Waals surface area contributed by atoms with Crippen LogP contribution in [0.2, 0.25) is 0 Å². The van der Waals surface area contributed by atoms with Crippen LogP contribution in [0.15, 0.2) is 55.2 Å². The predicted molar refractivity (Wildman–Crippen MR) is 110 cm³/mol. The van der Waals surface area contributed by atoms with Crippen LogP contribution in [0.25, 0.3) is 22.5 Å². The largest absolute Gasteiger partial charge is 0.342 e. The summed E-state index contributed by atoms with van der Waals surface area (Å²) in [4.78, 5) is 32.7. The fourth-order valence-corrected chi connectivity index (χ4v) is 4.08. The van der Waals surface area contributed by atoms with Crippen LogP contribution in [0.3, 0.4) is 0 Å². The van der Waals surface area contributed by atoms with Crippen LogP contribution in [0.4, 0.5) is 0 Å². The van der Waals surface area contributed by atoms with Crippen molar-refractivity contribution in [3.05, 3.63) is 60.9 Å². The third-order valence-corrected chi connectivity index (χ3v) is 5.78. The number of amides is 1. The van der Waals surface area contributed by atoms with Gasteiger partial charge in [0.15, 0.2) is 5.82 Å². The Morgan fingerprint density at radius 1 is 0.966 bits per heavy atom. The minimum Gasteiger partial charge on any atom is -0.342 e. The lowest BCUT2D eigenvalue weighted by Crippen LogP contribution is -2.40. The fourth-order valence-electron chi connectivity index (χ4n) is 4.08. The van der Waals surface area contributed by atoms with E-state index < -0.39 is 0 Å². The van der Waals surface area contributed by atoms with Crippen LogP contribution in [0, 0.1) is 5.92 Å². The molecule has 1 saturated carbocycles. The van der Waals surface area contributed by atoms with E-state index in [9.17, 15) is 4.79 Å². The highest BCUT2D eigenvalue weighted by molar-refractivity contribution is 5.81. The molecule has 3 aromatic rings. The molecule has 4 heterocycles. The first kappa shape index (κ1) is 17.9. The van der Waals surface area contributed by atoms with E-state index in [-0.39, 0.29) is 11.8 Å². The SMILES string of the molecule is O=C(C1CC1)N1CCCC(c2nc(-c3cccnc3)ncc2-c2ccncc2)C1. The van der Waals surface area contributed by atoms with Crippen molar-refractivity contribution < 1.29 is 4.79 Å². The van der Waals surface area contributed by atoms with Crippen molar-refractivity contribution in [2.75, 3.05) is 13.1 Å². The first-order valence-electron chi connectivity index (χ1n) is 10.3. The Bertz CT molecular complexity index is 1000. The molecule has 0 aromatic carbocycles. The van der Waals surface area contributed by atoms with Gasteiger partial charge in [-0.3, -0.25) is 14.8 Å². The summed E-state index contributed by atoms with van der Waals surface area (Å²) in [6.45, 7) is 1.59. The minimum absolute atomic E-state index is 0.202. The van der Waals surface area contributed by atoms with Gasteiger partial charge in [0, 0.05) is 67.0 Å². The molecular weight excluding hydrogens is 362 g/mol. The zero-order valence-corrected chi connectivity index (χ0v) is 16.2. The summed E-state index contributed by atoms with van der Waals surface area (Å²) in [6, 6.07) is 7.84. The molecule has 6 heteroatoms. The number of carbonyl (C=O) groups excluding carboxylic acids is 1. The van der Waals surface area contributed by atoms with Gasteiger partial charge in [-0.1, -0.05) is 0 Å². The first-order valence-corrected chi connectivity index (χ1v) is 10.3. The van der Waals surface area contributed by atoms with Gasteiger partial charge >= 0.3 is 0 Å². The number of rotatable bonds is 4. The second-order valence-corrected chi connectivity index (χ2v) is 7.87. The highest BCUT2D eigenvalue weighted by Gasteiger charge is 2.36. The van der Waals surface area contributed by atoms with Crippen LogP contribution in [-0.4, -0.2) is 43.8 Å². The number of pyridine rings is 2. The molecule has 1 aliphatic heterocycles. The zero-order valence-electron chi connectivity index (χ0n) is 16.2. The number of piperidine rings is 1. The summed E-state index contributed by atoms with van der Waals surface area (Å²) in [6.07, 6.45) is 13.1. The van der Waals surface area contributed by atoms with Gasteiger partial charge in [-0.05, 0) is 55.5 Å². The van der Waals surface area contributed by atoms with Crippen LogP contribution < -0.4 is 0 Å². The summed E-state index contributed by atoms with van der Waals surface area (Å²) in [5.41, 5.74) is 3.99. The molecule has 1 atom stereocenters. The number of nitrogens with zero attached hydrogens (tertiary/aromatic N) is 5.